The van der Waals surface area contributed by atoms with Crippen LogP contribution in [0.5, 0.6) is 5.75 Å². The van der Waals surface area contributed by atoms with Crippen LogP contribution in [0.3, 0.4) is 0 Å². The number of carbonyl (C=O) groups excluding carboxylic acids is 3. The highest BCUT2D eigenvalue weighted by Crippen LogP contribution is 2.53. The third-order valence-electron chi connectivity index (χ3n) is 7.81. The van der Waals surface area contributed by atoms with Gasteiger partial charge in [-0.3, -0.25) is 14.4 Å². The Balaban J connectivity index is 1.69. The average Bonchev–Trinajstić information content (AvgIpc) is 2.81. The van der Waals surface area contributed by atoms with Gasteiger partial charge in [0.15, 0.2) is 11.4 Å². The summed E-state index contributed by atoms with van der Waals surface area (Å²) in [5.41, 5.74) is 5.28. The Labute approximate surface area is 207 Å². The molecule has 1 saturated carbocycles. The van der Waals surface area contributed by atoms with E-state index >= 15 is 0 Å². The maximum absolute atomic E-state index is 13.6. The maximum Gasteiger partial charge on any atom is 0.255 e. The summed E-state index contributed by atoms with van der Waals surface area (Å²) in [6, 6.07) is 11.2. The second kappa shape index (κ2) is 8.06. The van der Waals surface area contributed by atoms with Crippen LogP contribution in [0.2, 0.25) is 0 Å². The molecule has 8 heteroatoms. The van der Waals surface area contributed by atoms with Gasteiger partial charge in [-0.15, -0.1) is 0 Å². The van der Waals surface area contributed by atoms with Crippen molar-refractivity contribution in [3.63, 3.8) is 0 Å². The second-order valence-electron chi connectivity index (χ2n) is 10.2. The van der Waals surface area contributed by atoms with Gasteiger partial charge < -0.3 is 26.2 Å². The van der Waals surface area contributed by atoms with Crippen molar-refractivity contribution in [3.8, 4) is 16.9 Å². The molecule has 8 nitrogen and oxygen atoms in total. The molecule has 3 aliphatic carbocycles. The Kier molecular flexibility index (Phi) is 5.33. The number of aliphatic hydroxyl groups excluding tert-OH is 2. The molecule has 1 unspecified atom stereocenters. The normalized spacial score (nSPS) is 25.6. The van der Waals surface area contributed by atoms with E-state index in [1.54, 1.807) is 6.07 Å². The number of benzene rings is 2. The molecule has 0 radical (unpaired) electrons. The van der Waals surface area contributed by atoms with Crippen LogP contribution < -0.4 is 5.73 Å². The lowest BCUT2D eigenvalue weighted by atomic mass is 9.59. The summed E-state index contributed by atoms with van der Waals surface area (Å²) in [5, 5.41) is 43.9. The van der Waals surface area contributed by atoms with Gasteiger partial charge in [-0.1, -0.05) is 44.2 Å². The Morgan fingerprint density at radius 3 is 2.47 bits per heavy atom. The summed E-state index contributed by atoms with van der Waals surface area (Å²) < 4.78 is 0. The molecule has 0 saturated heterocycles. The maximum atomic E-state index is 13.6. The topological polar surface area (TPSA) is 158 Å². The van der Waals surface area contributed by atoms with Crippen LogP contribution in [-0.4, -0.2) is 43.5 Å². The van der Waals surface area contributed by atoms with Crippen LogP contribution in [0.15, 0.2) is 53.3 Å². The molecule has 0 bridgehead atoms. The number of nitrogens with two attached hydrogens (primary N) is 1. The fourth-order valence-corrected chi connectivity index (χ4v) is 5.96. The molecule has 1 amide bonds. The molecule has 3 aliphatic rings. The van der Waals surface area contributed by atoms with Crippen molar-refractivity contribution in [2.24, 2.45) is 17.6 Å². The number of primary amides is 1. The van der Waals surface area contributed by atoms with Gasteiger partial charge in [0.05, 0.1) is 5.56 Å². The smallest absolute Gasteiger partial charge is 0.255 e. The Bertz CT molecular complexity index is 1420. The lowest BCUT2D eigenvalue weighted by molar-refractivity contribution is -0.147. The molecule has 0 aliphatic heterocycles. The van der Waals surface area contributed by atoms with E-state index in [0.29, 0.717) is 11.5 Å². The van der Waals surface area contributed by atoms with Crippen molar-refractivity contribution < 1.29 is 34.8 Å². The number of ketones is 2. The van der Waals surface area contributed by atoms with Crippen LogP contribution >= 0.6 is 0 Å². The molecule has 5 rings (SSSR count). The van der Waals surface area contributed by atoms with Crippen molar-refractivity contribution in [3.05, 3.63) is 70.0 Å². The predicted octanol–water partition coefficient (Wildman–Crippen LogP) is 3.21. The highest BCUT2D eigenvalue weighted by Gasteiger charge is 2.60. The average molecular weight is 490 g/mol. The number of phenols is 1. The van der Waals surface area contributed by atoms with Gasteiger partial charge in [-0.05, 0) is 53.0 Å². The van der Waals surface area contributed by atoms with Gasteiger partial charge in [-0.2, -0.15) is 0 Å². The molecule has 6 N–H and O–H groups in total. The first kappa shape index (κ1) is 23.8. The van der Waals surface area contributed by atoms with Crippen molar-refractivity contribution in [2.75, 3.05) is 0 Å². The van der Waals surface area contributed by atoms with Crippen molar-refractivity contribution in [1.82, 2.24) is 0 Å². The number of hydrogen-bond acceptors (Lipinski definition) is 7. The zero-order valence-electron chi connectivity index (χ0n) is 19.9. The molecule has 2 aromatic carbocycles. The van der Waals surface area contributed by atoms with Gasteiger partial charge in [0, 0.05) is 17.9 Å². The summed E-state index contributed by atoms with van der Waals surface area (Å²) in [5.74, 6) is -6.03. The molecule has 0 spiro atoms. The van der Waals surface area contributed by atoms with Gasteiger partial charge >= 0.3 is 0 Å². The first-order valence-electron chi connectivity index (χ1n) is 11.9. The Morgan fingerprint density at radius 2 is 1.81 bits per heavy atom. The van der Waals surface area contributed by atoms with Crippen molar-refractivity contribution in [2.45, 2.75) is 44.6 Å². The number of hydrogen-bond donors (Lipinski definition) is 5. The number of Topliss-reactive ketones (excluding diaryl/α,β-unsaturated/α-hetero) is 2. The molecular weight excluding hydrogens is 462 g/mol. The third-order valence-corrected chi connectivity index (χ3v) is 7.81. The van der Waals surface area contributed by atoms with E-state index in [0.717, 1.165) is 16.7 Å². The standard InChI is InChI=1S/C28H27NO7/c1-12(2)13-4-3-5-14(8-13)17-6-7-19(30)22-18(17)10-15-9-16-11-20(31)23(27(29)35)26(34)28(16,36)25(33)21(15)24(22)32/h3-8,12,15-16,30,32,34,36H,9-11H2,1-2H3,(H2,29,35)/t15-,16?,28+/m1/s1. The van der Waals surface area contributed by atoms with E-state index in [2.05, 4.69) is 13.8 Å². The Morgan fingerprint density at radius 1 is 1.08 bits per heavy atom. The van der Waals surface area contributed by atoms with Crippen molar-refractivity contribution in [1.29, 1.82) is 0 Å². The van der Waals surface area contributed by atoms with E-state index in [9.17, 15) is 34.8 Å². The molecule has 0 heterocycles. The van der Waals surface area contributed by atoms with Gasteiger partial charge in [0.25, 0.3) is 5.91 Å². The molecule has 3 atom stereocenters. The minimum atomic E-state index is -2.56. The summed E-state index contributed by atoms with van der Waals surface area (Å²) >= 11 is 0. The van der Waals surface area contributed by atoms with Crippen LogP contribution in [0.1, 0.15) is 49.3 Å². The molecule has 186 valence electrons. The summed E-state index contributed by atoms with van der Waals surface area (Å²) in [6.07, 6.45) is 0.0272. The van der Waals surface area contributed by atoms with Crippen LogP contribution in [0.25, 0.3) is 16.9 Å². The van der Waals surface area contributed by atoms with Crippen LogP contribution in [0, 0.1) is 11.8 Å². The summed E-state index contributed by atoms with van der Waals surface area (Å²) in [4.78, 5) is 37.9. The van der Waals surface area contributed by atoms with E-state index in [1.165, 1.54) is 6.07 Å². The second-order valence-corrected chi connectivity index (χ2v) is 10.2. The number of rotatable bonds is 3. The van der Waals surface area contributed by atoms with Gasteiger partial charge in [0.1, 0.15) is 22.8 Å². The number of fused-ring (bicyclic) bond motifs is 3. The number of aliphatic hydroxyl groups is 3. The Hall–Kier alpha value is -3.91. The van der Waals surface area contributed by atoms with Crippen molar-refractivity contribution >= 4 is 23.2 Å². The molecule has 2 aromatic rings. The monoisotopic (exact) mass is 489 g/mol. The van der Waals surface area contributed by atoms with E-state index < -0.39 is 52.0 Å². The summed E-state index contributed by atoms with van der Waals surface area (Å²) in [7, 11) is 0. The number of carbonyl (C=O) groups is 3. The molecule has 1 fully saturated rings. The lowest BCUT2D eigenvalue weighted by Gasteiger charge is -2.46. The zero-order valence-corrected chi connectivity index (χ0v) is 19.9. The van der Waals surface area contributed by atoms with E-state index in [1.807, 2.05) is 24.3 Å². The third kappa shape index (κ3) is 3.21. The van der Waals surface area contributed by atoms with E-state index in [-0.39, 0.29) is 36.1 Å². The predicted molar refractivity (Wildman–Crippen MR) is 131 cm³/mol. The molecule has 0 aromatic heterocycles. The van der Waals surface area contributed by atoms with Crippen LogP contribution in [-0.2, 0) is 20.8 Å². The fourth-order valence-electron chi connectivity index (χ4n) is 5.96. The summed E-state index contributed by atoms with van der Waals surface area (Å²) in [6.45, 7) is 4.17. The van der Waals surface area contributed by atoms with E-state index in [4.69, 9.17) is 5.73 Å². The molecule has 36 heavy (non-hydrogen) atoms. The first-order chi connectivity index (χ1) is 17.0. The van der Waals surface area contributed by atoms with Gasteiger partial charge in [-0.25, -0.2) is 0 Å². The molecular formula is C28H27NO7. The first-order valence-corrected chi connectivity index (χ1v) is 11.9. The zero-order chi connectivity index (χ0) is 26.1. The number of aromatic hydroxyl groups is 1. The highest BCUT2D eigenvalue weighted by atomic mass is 16.3. The minimum absolute atomic E-state index is 0.0922. The lowest BCUT2D eigenvalue weighted by Crippen LogP contribution is -2.58. The largest absolute Gasteiger partial charge is 0.508 e. The highest BCUT2D eigenvalue weighted by molar-refractivity contribution is 6.22. The van der Waals surface area contributed by atoms with Gasteiger partial charge in [0.2, 0.25) is 5.78 Å². The quantitative estimate of drug-likeness (QED) is 0.414. The number of amides is 1. The fraction of sp³-hybridized carbons (Fsp3) is 0.321. The SMILES string of the molecule is CC(C)c1cccc(-c2ccc(O)c3c2C[C@H]2CC4CC(=O)C(C(N)=O)=C(O)[C@@]4(O)C(=O)C2=C3O)c1. The minimum Gasteiger partial charge on any atom is -0.508 e. The van der Waals surface area contributed by atoms with Crippen LogP contribution in [0.4, 0.5) is 0 Å². The number of phenolic OH excluding ortho intramolecular Hbond substituents is 1.